The molecule has 2 rings (SSSR count). The molecule has 27 heavy (non-hydrogen) atoms. The summed E-state index contributed by atoms with van der Waals surface area (Å²) >= 11 is 0. The number of hydrazone groups is 1. The van der Waals surface area contributed by atoms with Crippen LogP contribution in [-0.4, -0.2) is 63.0 Å². The lowest BCUT2D eigenvalue weighted by Gasteiger charge is -2.25. The first-order valence-corrected chi connectivity index (χ1v) is 10.6. The molecule has 1 unspecified atom stereocenters. The fourth-order valence-electron chi connectivity index (χ4n) is 2.38. The van der Waals surface area contributed by atoms with Gasteiger partial charge in [0.1, 0.15) is 0 Å². The molecule has 13 heteroatoms. The van der Waals surface area contributed by atoms with Gasteiger partial charge in [0, 0.05) is 26.2 Å². The molecule has 0 spiro atoms. The highest BCUT2D eigenvalue weighted by molar-refractivity contribution is 8.02. The van der Waals surface area contributed by atoms with E-state index in [9.17, 15) is 21.6 Å². The van der Waals surface area contributed by atoms with Gasteiger partial charge < -0.3 is 0 Å². The fourth-order valence-corrected chi connectivity index (χ4v) is 4.72. The molecule has 1 aliphatic heterocycles. The third kappa shape index (κ3) is 4.44. The Morgan fingerprint density at radius 1 is 1.22 bits per heavy atom. The second-order valence-electron chi connectivity index (χ2n) is 5.70. The van der Waals surface area contributed by atoms with Gasteiger partial charge in [-0.2, -0.15) is 21.9 Å². The number of hydrogen-bond donors (Lipinski definition) is 1. The Balaban J connectivity index is 2.24. The predicted octanol–water partition coefficient (Wildman–Crippen LogP) is 0.434. The molecule has 0 aliphatic carbocycles. The number of nitrogens with one attached hydrogen (secondary N) is 1. The van der Waals surface area contributed by atoms with Gasteiger partial charge in [-0.15, -0.1) is 0 Å². The van der Waals surface area contributed by atoms with Gasteiger partial charge in [0.15, 0.2) is 0 Å². The molecule has 1 aromatic rings. The van der Waals surface area contributed by atoms with Crippen LogP contribution in [0.2, 0.25) is 0 Å². The van der Waals surface area contributed by atoms with Crippen molar-refractivity contribution in [1.82, 2.24) is 17.9 Å². The standard InChI is InChI=1S/C14H21N5O6S2/c1-11-10-13(12-8-6-5-7-9-12)19(15-11)14(20)16-26(21,22)18(3)27(23,24)17(2)25-4/h5-9,13H,10H2,1-4H3,(H,16,20). The third-order valence-corrected chi connectivity index (χ3v) is 7.63. The predicted molar refractivity (Wildman–Crippen MR) is 97.7 cm³/mol. The van der Waals surface area contributed by atoms with Crippen LogP contribution in [0.3, 0.4) is 0 Å². The SMILES string of the molecule is CON(C)S(=O)(=O)N(C)S(=O)(=O)NC(=O)N1N=C(C)CC1c1ccccc1. The Morgan fingerprint density at radius 3 is 2.37 bits per heavy atom. The van der Waals surface area contributed by atoms with Gasteiger partial charge in [-0.05, 0) is 12.5 Å². The zero-order chi connectivity index (χ0) is 20.4. The van der Waals surface area contributed by atoms with Gasteiger partial charge in [0.25, 0.3) is 0 Å². The van der Waals surface area contributed by atoms with Crippen molar-refractivity contribution in [3.8, 4) is 0 Å². The minimum absolute atomic E-state index is 0.00552. The summed E-state index contributed by atoms with van der Waals surface area (Å²) in [5, 5.41) is 5.06. The number of hydrogen-bond acceptors (Lipinski definition) is 7. The molecule has 150 valence electrons. The van der Waals surface area contributed by atoms with Crippen molar-refractivity contribution in [3.63, 3.8) is 0 Å². The van der Waals surface area contributed by atoms with Crippen molar-refractivity contribution in [2.75, 3.05) is 21.2 Å². The zero-order valence-electron chi connectivity index (χ0n) is 15.2. The van der Waals surface area contributed by atoms with Crippen molar-refractivity contribution < 1.29 is 26.5 Å². The highest BCUT2D eigenvalue weighted by Gasteiger charge is 2.38. The van der Waals surface area contributed by atoms with Crippen LogP contribution in [0.1, 0.15) is 24.9 Å². The molecule has 0 saturated carbocycles. The van der Waals surface area contributed by atoms with Crippen LogP contribution in [0.4, 0.5) is 4.79 Å². The number of hydroxylamine groups is 1. The zero-order valence-corrected chi connectivity index (χ0v) is 16.9. The van der Waals surface area contributed by atoms with E-state index in [1.54, 1.807) is 35.9 Å². The maximum atomic E-state index is 12.5. The Labute approximate surface area is 158 Å². The van der Waals surface area contributed by atoms with Crippen LogP contribution in [-0.2, 0) is 25.3 Å². The van der Waals surface area contributed by atoms with Gasteiger partial charge >= 0.3 is 26.4 Å². The minimum Gasteiger partial charge on any atom is -0.287 e. The normalized spacial score (nSPS) is 18.1. The average molecular weight is 419 g/mol. The molecule has 2 amide bonds. The lowest BCUT2D eigenvalue weighted by Crippen LogP contribution is -2.51. The van der Waals surface area contributed by atoms with Gasteiger partial charge in [-0.25, -0.2) is 14.5 Å². The summed E-state index contributed by atoms with van der Waals surface area (Å²) in [7, 11) is -6.36. The summed E-state index contributed by atoms with van der Waals surface area (Å²) in [5.41, 5.74) is 1.40. The maximum absolute atomic E-state index is 12.5. The van der Waals surface area contributed by atoms with Crippen LogP contribution in [0.25, 0.3) is 0 Å². The van der Waals surface area contributed by atoms with Crippen molar-refractivity contribution in [2.24, 2.45) is 5.10 Å². The van der Waals surface area contributed by atoms with Crippen LogP contribution < -0.4 is 4.72 Å². The summed E-state index contributed by atoms with van der Waals surface area (Å²) in [6, 6.07) is 7.41. The topological polar surface area (TPSA) is 129 Å². The lowest BCUT2D eigenvalue weighted by atomic mass is 10.0. The van der Waals surface area contributed by atoms with E-state index in [-0.39, 0.29) is 3.71 Å². The summed E-state index contributed by atoms with van der Waals surface area (Å²) in [5.74, 6) is 0. The molecule has 0 saturated heterocycles. The number of carbonyl (C=O) groups excluding carboxylic acids is 1. The molecule has 1 atom stereocenters. The average Bonchev–Trinajstić information content (AvgIpc) is 3.02. The number of nitrogens with zero attached hydrogens (tertiary/aromatic N) is 4. The Hall–Kier alpha value is -2.06. The lowest BCUT2D eigenvalue weighted by molar-refractivity contribution is -0.0290. The summed E-state index contributed by atoms with van der Waals surface area (Å²) in [4.78, 5) is 17.0. The van der Waals surface area contributed by atoms with Gasteiger partial charge in [-0.1, -0.05) is 38.5 Å². The van der Waals surface area contributed by atoms with Crippen molar-refractivity contribution in [1.29, 1.82) is 0 Å². The molecule has 0 aromatic heterocycles. The molecule has 0 bridgehead atoms. The number of urea groups is 1. The summed E-state index contributed by atoms with van der Waals surface area (Å²) < 4.78 is 51.0. The number of amides is 2. The summed E-state index contributed by atoms with van der Waals surface area (Å²) in [6.07, 6.45) is 0.429. The maximum Gasteiger partial charge on any atom is 0.353 e. The molecule has 11 nitrogen and oxygen atoms in total. The van der Waals surface area contributed by atoms with E-state index in [0.717, 1.165) is 31.8 Å². The van der Waals surface area contributed by atoms with E-state index >= 15 is 0 Å². The third-order valence-electron chi connectivity index (χ3n) is 3.92. The van der Waals surface area contributed by atoms with Gasteiger partial charge in [0.05, 0.1) is 13.2 Å². The first-order chi connectivity index (χ1) is 12.5. The van der Waals surface area contributed by atoms with E-state index in [2.05, 4.69) is 9.94 Å². The first kappa shape index (κ1) is 21.2. The molecular formula is C14H21N5O6S2. The molecular weight excluding hydrogens is 398 g/mol. The van der Waals surface area contributed by atoms with Gasteiger partial charge in [0.2, 0.25) is 0 Å². The van der Waals surface area contributed by atoms with E-state index in [1.165, 1.54) is 0 Å². The van der Waals surface area contributed by atoms with E-state index in [4.69, 9.17) is 0 Å². The molecule has 1 aliphatic rings. The molecule has 1 N–H and O–H groups in total. The first-order valence-electron chi connectivity index (χ1n) is 7.72. The van der Waals surface area contributed by atoms with E-state index in [1.807, 2.05) is 6.07 Å². The Bertz CT molecular complexity index is 932. The summed E-state index contributed by atoms with van der Waals surface area (Å²) in [6.45, 7) is 1.71. The van der Waals surface area contributed by atoms with Crippen molar-refractivity contribution in [2.45, 2.75) is 19.4 Å². The van der Waals surface area contributed by atoms with Crippen LogP contribution in [0.5, 0.6) is 0 Å². The highest BCUT2D eigenvalue weighted by atomic mass is 32.3. The molecule has 0 radical (unpaired) electrons. The molecule has 0 fully saturated rings. The Kier molecular flexibility index (Phi) is 6.21. The quantitative estimate of drug-likeness (QED) is 0.666. The van der Waals surface area contributed by atoms with Crippen LogP contribution in [0.15, 0.2) is 35.4 Å². The molecule has 1 aromatic carbocycles. The molecule has 1 heterocycles. The van der Waals surface area contributed by atoms with Crippen molar-refractivity contribution >= 4 is 32.2 Å². The second-order valence-corrected chi connectivity index (χ2v) is 9.59. The van der Waals surface area contributed by atoms with Crippen molar-refractivity contribution in [3.05, 3.63) is 35.9 Å². The smallest absolute Gasteiger partial charge is 0.287 e. The largest absolute Gasteiger partial charge is 0.353 e. The van der Waals surface area contributed by atoms with Gasteiger partial charge in [-0.3, -0.25) is 4.84 Å². The minimum atomic E-state index is -4.72. The number of carbonyl (C=O) groups is 1. The van der Waals surface area contributed by atoms with E-state index in [0.29, 0.717) is 16.6 Å². The highest BCUT2D eigenvalue weighted by Crippen LogP contribution is 2.30. The second kappa shape index (κ2) is 7.90. The monoisotopic (exact) mass is 419 g/mol. The Morgan fingerprint density at radius 2 is 1.81 bits per heavy atom. The van der Waals surface area contributed by atoms with Crippen LogP contribution in [0, 0.1) is 0 Å². The number of benzene rings is 1. The van der Waals surface area contributed by atoms with E-state index < -0.39 is 32.5 Å². The fraction of sp³-hybridized carbons (Fsp3) is 0.429. The van der Waals surface area contributed by atoms with Crippen LogP contribution >= 0.6 is 0 Å². The number of rotatable bonds is 6.